The van der Waals surface area contributed by atoms with Crippen LogP contribution in [-0.2, 0) is 11.9 Å². The first-order valence-corrected chi connectivity index (χ1v) is 9.31. The van der Waals surface area contributed by atoms with Gasteiger partial charge in [0, 0.05) is 23.8 Å². The molecule has 0 aliphatic heterocycles. The van der Waals surface area contributed by atoms with Crippen molar-refractivity contribution in [3.05, 3.63) is 59.9 Å². The Morgan fingerprint density at radius 2 is 2.00 bits per heavy atom. The van der Waals surface area contributed by atoms with Crippen LogP contribution in [0.5, 0.6) is 0 Å². The average Bonchev–Trinajstić information content (AvgIpc) is 3.07. The van der Waals surface area contributed by atoms with E-state index in [1.54, 1.807) is 12.4 Å². The predicted molar refractivity (Wildman–Crippen MR) is 97.8 cm³/mol. The van der Waals surface area contributed by atoms with Gasteiger partial charge in [-0.1, -0.05) is 35.2 Å². The Balaban J connectivity index is 1.55. The van der Waals surface area contributed by atoms with Crippen LogP contribution in [-0.4, -0.2) is 21.2 Å². The van der Waals surface area contributed by atoms with Gasteiger partial charge in [-0.2, -0.15) is 13.2 Å². The highest BCUT2D eigenvalue weighted by Crippen LogP contribution is 2.31. The first kappa shape index (κ1) is 19.1. The number of urea groups is 1. The topological polar surface area (TPSA) is 79.8 Å². The Morgan fingerprint density at radius 1 is 1.15 bits per heavy atom. The summed E-state index contributed by atoms with van der Waals surface area (Å²) in [4.78, 5) is 16.0. The minimum atomic E-state index is -4.48. The van der Waals surface area contributed by atoms with Crippen molar-refractivity contribution < 1.29 is 18.0 Å². The Hall–Kier alpha value is -2.66. The lowest BCUT2D eigenvalue weighted by Crippen LogP contribution is -2.19. The SMILES string of the molecule is O=C(Nc1cccc(C(F)(F)F)c1)Nc1nnc(SCc2cccnc2)s1. The number of nitrogens with zero attached hydrogens (tertiary/aromatic N) is 3. The quantitative estimate of drug-likeness (QED) is 0.462. The molecular weight excluding hydrogens is 399 g/mol. The fraction of sp³-hybridized carbons (Fsp3) is 0.125. The van der Waals surface area contributed by atoms with Crippen LogP contribution in [0.1, 0.15) is 11.1 Å². The standard InChI is InChI=1S/C16H12F3N5OS2/c17-16(18,19)11-4-1-5-12(7-11)21-13(25)22-14-23-24-15(27-14)26-9-10-3-2-6-20-8-10/h1-8H,9H2,(H2,21,22,23,25). The van der Waals surface area contributed by atoms with E-state index < -0.39 is 17.8 Å². The molecule has 3 rings (SSSR count). The number of alkyl halides is 3. The third-order valence-electron chi connectivity index (χ3n) is 3.16. The van der Waals surface area contributed by atoms with Crippen LogP contribution < -0.4 is 10.6 Å². The van der Waals surface area contributed by atoms with E-state index in [1.807, 2.05) is 12.1 Å². The predicted octanol–water partition coefficient (Wildman–Crippen LogP) is 4.89. The Kier molecular flexibility index (Phi) is 5.91. The highest BCUT2D eigenvalue weighted by atomic mass is 32.2. The molecule has 0 spiro atoms. The van der Waals surface area contributed by atoms with Crippen molar-refractivity contribution in [1.82, 2.24) is 15.2 Å². The molecule has 27 heavy (non-hydrogen) atoms. The van der Waals surface area contributed by atoms with Gasteiger partial charge >= 0.3 is 12.2 Å². The molecule has 2 N–H and O–H groups in total. The number of carbonyl (C=O) groups is 1. The summed E-state index contributed by atoms with van der Waals surface area (Å²) in [6.45, 7) is 0. The fourth-order valence-electron chi connectivity index (χ4n) is 1.98. The largest absolute Gasteiger partial charge is 0.416 e. The summed E-state index contributed by atoms with van der Waals surface area (Å²) < 4.78 is 38.7. The summed E-state index contributed by atoms with van der Waals surface area (Å²) in [5, 5.41) is 12.8. The highest BCUT2D eigenvalue weighted by molar-refractivity contribution is 8.00. The van der Waals surface area contributed by atoms with Crippen LogP contribution >= 0.6 is 23.1 Å². The van der Waals surface area contributed by atoms with E-state index in [2.05, 4.69) is 25.8 Å². The molecule has 140 valence electrons. The van der Waals surface area contributed by atoms with Crippen LogP contribution in [0, 0.1) is 0 Å². The van der Waals surface area contributed by atoms with Gasteiger partial charge in [0.1, 0.15) is 0 Å². The molecule has 0 saturated heterocycles. The summed E-state index contributed by atoms with van der Waals surface area (Å²) in [6.07, 6.45) is -1.05. The lowest BCUT2D eigenvalue weighted by atomic mass is 10.2. The van der Waals surface area contributed by atoms with E-state index in [9.17, 15) is 18.0 Å². The zero-order valence-electron chi connectivity index (χ0n) is 13.5. The number of nitrogens with one attached hydrogen (secondary N) is 2. The van der Waals surface area contributed by atoms with E-state index in [4.69, 9.17) is 0 Å². The number of rotatable bonds is 5. The number of thioether (sulfide) groups is 1. The second kappa shape index (κ2) is 8.35. The average molecular weight is 411 g/mol. The molecule has 1 aromatic carbocycles. The van der Waals surface area contributed by atoms with Gasteiger partial charge in [-0.05, 0) is 29.8 Å². The van der Waals surface area contributed by atoms with Gasteiger partial charge < -0.3 is 5.32 Å². The summed E-state index contributed by atoms with van der Waals surface area (Å²) in [7, 11) is 0. The van der Waals surface area contributed by atoms with Gasteiger partial charge in [0.15, 0.2) is 4.34 Å². The van der Waals surface area contributed by atoms with Crippen molar-refractivity contribution in [3.63, 3.8) is 0 Å². The molecule has 3 aromatic rings. The molecule has 0 fully saturated rings. The third kappa shape index (κ3) is 5.66. The molecule has 2 heterocycles. The fourth-order valence-corrected chi connectivity index (χ4v) is 3.66. The van der Waals surface area contributed by atoms with Crippen molar-refractivity contribution in [3.8, 4) is 0 Å². The molecule has 2 aromatic heterocycles. The van der Waals surface area contributed by atoms with Gasteiger partial charge in [0.05, 0.1) is 5.56 Å². The molecule has 0 saturated carbocycles. The molecule has 0 bridgehead atoms. The highest BCUT2D eigenvalue weighted by Gasteiger charge is 2.30. The molecular formula is C16H12F3N5OS2. The third-order valence-corrected chi connectivity index (χ3v) is 5.20. The molecule has 11 heteroatoms. The number of pyridine rings is 1. The number of hydrogen-bond acceptors (Lipinski definition) is 6. The molecule has 0 aliphatic rings. The zero-order valence-corrected chi connectivity index (χ0v) is 15.2. The number of anilines is 2. The monoisotopic (exact) mass is 411 g/mol. The van der Waals surface area contributed by atoms with Crippen LogP contribution in [0.2, 0.25) is 0 Å². The molecule has 0 aliphatic carbocycles. The van der Waals surface area contributed by atoms with Gasteiger partial charge in [-0.3, -0.25) is 10.3 Å². The van der Waals surface area contributed by atoms with Crippen molar-refractivity contribution in [2.75, 3.05) is 10.6 Å². The van der Waals surface area contributed by atoms with Crippen LogP contribution in [0.3, 0.4) is 0 Å². The minimum Gasteiger partial charge on any atom is -0.308 e. The summed E-state index contributed by atoms with van der Waals surface area (Å²) in [5.74, 6) is 0.652. The van der Waals surface area contributed by atoms with Crippen LogP contribution in [0.25, 0.3) is 0 Å². The van der Waals surface area contributed by atoms with Gasteiger partial charge in [-0.25, -0.2) is 4.79 Å². The zero-order chi connectivity index (χ0) is 19.3. The Labute approximate surface area is 160 Å². The summed E-state index contributed by atoms with van der Waals surface area (Å²) in [5.41, 5.74) is 0.206. The van der Waals surface area contributed by atoms with Gasteiger partial charge in [-0.15, -0.1) is 10.2 Å². The maximum absolute atomic E-state index is 12.7. The van der Waals surface area contributed by atoms with Crippen LogP contribution in [0.4, 0.5) is 28.8 Å². The number of amides is 2. The number of hydrogen-bond donors (Lipinski definition) is 2. The normalized spacial score (nSPS) is 11.2. The van der Waals surface area contributed by atoms with E-state index in [0.29, 0.717) is 10.1 Å². The van der Waals surface area contributed by atoms with E-state index in [-0.39, 0.29) is 10.8 Å². The summed E-state index contributed by atoms with van der Waals surface area (Å²) in [6, 6.07) is 7.44. The molecule has 0 radical (unpaired) electrons. The molecule has 2 amide bonds. The maximum atomic E-state index is 12.7. The van der Waals surface area contributed by atoms with E-state index in [1.165, 1.54) is 35.2 Å². The second-order valence-corrected chi connectivity index (χ2v) is 7.38. The van der Waals surface area contributed by atoms with Gasteiger partial charge in [0.25, 0.3) is 0 Å². The second-order valence-electron chi connectivity index (χ2n) is 5.18. The molecule has 0 unspecified atom stereocenters. The Bertz CT molecular complexity index is 918. The molecule has 0 atom stereocenters. The van der Waals surface area contributed by atoms with Crippen molar-refractivity contribution >= 4 is 39.9 Å². The number of aromatic nitrogens is 3. The van der Waals surface area contributed by atoms with Crippen molar-refractivity contribution in [2.45, 2.75) is 16.3 Å². The smallest absolute Gasteiger partial charge is 0.308 e. The number of benzene rings is 1. The van der Waals surface area contributed by atoms with Gasteiger partial charge in [0.2, 0.25) is 5.13 Å². The molecule has 6 nitrogen and oxygen atoms in total. The van der Waals surface area contributed by atoms with E-state index >= 15 is 0 Å². The number of carbonyl (C=O) groups excluding carboxylic acids is 1. The summed E-state index contributed by atoms with van der Waals surface area (Å²) >= 11 is 2.61. The van der Waals surface area contributed by atoms with Crippen LogP contribution in [0.15, 0.2) is 53.1 Å². The van der Waals surface area contributed by atoms with Crippen molar-refractivity contribution in [1.29, 1.82) is 0 Å². The van der Waals surface area contributed by atoms with Crippen molar-refractivity contribution in [2.24, 2.45) is 0 Å². The maximum Gasteiger partial charge on any atom is 0.416 e. The Morgan fingerprint density at radius 3 is 2.74 bits per heavy atom. The lowest BCUT2D eigenvalue weighted by molar-refractivity contribution is -0.137. The van der Waals surface area contributed by atoms with E-state index in [0.717, 1.165) is 17.7 Å². The number of halogens is 3. The first-order chi connectivity index (χ1) is 12.9. The first-order valence-electron chi connectivity index (χ1n) is 7.50. The minimum absolute atomic E-state index is 0.0259. The lowest BCUT2D eigenvalue weighted by Gasteiger charge is -2.09.